The average molecular weight is 232 g/mol. The van der Waals surface area contributed by atoms with Gasteiger partial charge in [-0.2, -0.15) is 0 Å². The molecule has 1 rings (SSSR count). The molecule has 12 heavy (non-hydrogen) atoms. The molecule has 0 spiro atoms. The van der Waals surface area contributed by atoms with Crippen molar-refractivity contribution in [1.82, 2.24) is 0 Å². The van der Waals surface area contributed by atoms with Gasteiger partial charge in [-0.3, -0.25) is 0 Å². The van der Waals surface area contributed by atoms with Crippen LogP contribution in [0.5, 0.6) is 0 Å². The molecule has 0 aromatic heterocycles. The molecule has 0 bridgehead atoms. The molecule has 0 unspecified atom stereocenters. The molecule has 0 aliphatic rings. The van der Waals surface area contributed by atoms with Gasteiger partial charge in [-0.05, 0) is 46.5 Å². The zero-order chi connectivity index (χ0) is 9.30. The molecule has 1 aromatic rings. The summed E-state index contributed by atoms with van der Waals surface area (Å²) in [5.74, 6) is -0.350. The predicted octanol–water partition coefficient (Wildman–Crippen LogP) is 3.04. The summed E-state index contributed by atoms with van der Waals surface area (Å²) in [4.78, 5) is 0. The minimum atomic E-state index is -0.350. The van der Waals surface area contributed by atoms with E-state index in [1.807, 2.05) is 13.8 Å². The molecule has 1 aromatic carbocycles. The Morgan fingerprint density at radius 2 is 2.17 bits per heavy atom. The lowest BCUT2D eigenvalue weighted by Gasteiger charge is -2.09. The van der Waals surface area contributed by atoms with E-state index in [0.717, 1.165) is 17.5 Å². The number of benzene rings is 1. The fourth-order valence-corrected chi connectivity index (χ4v) is 1.84. The Balaban J connectivity index is 3.40. The smallest absolute Gasteiger partial charge is 0.160 e. The monoisotopic (exact) mass is 231 g/mol. The number of nitrogen functional groups attached to an aromatic ring is 1. The van der Waals surface area contributed by atoms with Gasteiger partial charge in [-0.15, -0.1) is 0 Å². The van der Waals surface area contributed by atoms with Gasteiger partial charge in [0.25, 0.3) is 0 Å². The van der Waals surface area contributed by atoms with Crippen LogP contribution in [-0.4, -0.2) is 0 Å². The Kier molecular flexibility index (Phi) is 2.73. The summed E-state index contributed by atoms with van der Waals surface area (Å²) in [5.41, 5.74) is 7.79. The molecular weight excluding hydrogens is 221 g/mol. The first-order chi connectivity index (χ1) is 5.57. The van der Waals surface area contributed by atoms with Crippen LogP contribution in [0.4, 0.5) is 10.1 Å². The van der Waals surface area contributed by atoms with Crippen molar-refractivity contribution >= 4 is 21.6 Å². The van der Waals surface area contributed by atoms with E-state index in [-0.39, 0.29) is 11.5 Å². The summed E-state index contributed by atoms with van der Waals surface area (Å²) in [5, 5.41) is 0. The van der Waals surface area contributed by atoms with Crippen molar-refractivity contribution in [2.45, 2.75) is 20.3 Å². The van der Waals surface area contributed by atoms with Crippen LogP contribution < -0.4 is 5.73 Å². The number of nitrogens with two attached hydrogens (primary N) is 1. The molecule has 0 saturated carbocycles. The SMILES string of the molecule is CCc1c(C)cc(Br)c(F)c1N. The minimum Gasteiger partial charge on any atom is -0.396 e. The van der Waals surface area contributed by atoms with Crippen molar-refractivity contribution < 1.29 is 4.39 Å². The standard InChI is InChI=1S/C9H11BrFN/c1-3-6-5(2)4-7(10)8(11)9(6)12/h4H,3,12H2,1-2H3. The second-order valence-electron chi connectivity index (χ2n) is 2.74. The van der Waals surface area contributed by atoms with E-state index in [1.165, 1.54) is 0 Å². The maximum Gasteiger partial charge on any atom is 0.160 e. The highest BCUT2D eigenvalue weighted by molar-refractivity contribution is 9.10. The highest BCUT2D eigenvalue weighted by Crippen LogP contribution is 2.27. The normalized spacial score (nSPS) is 10.3. The molecule has 0 aliphatic carbocycles. The van der Waals surface area contributed by atoms with Gasteiger partial charge in [-0.25, -0.2) is 4.39 Å². The molecule has 3 heteroatoms. The number of hydrogen-bond acceptors (Lipinski definition) is 1. The van der Waals surface area contributed by atoms with Crippen LogP contribution in [0.1, 0.15) is 18.1 Å². The third-order valence-electron chi connectivity index (χ3n) is 1.94. The maximum atomic E-state index is 13.2. The molecule has 0 fully saturated rings. The van der Waals surface area contributed by atoms with Crippen molar-refractivity contribution in [3.63, 3.8) is 0 Å². The molecule has 0 atom stereocenters. The van der Waals surface area contributed by atoms with Gasteiger partial charge in [-0.1, -0.05) is 6.92 Å². The Morgan fingerprint density at radius 3 is 2.67 bits per heavy atom. The molecule has 0 aliphatic heterocycles. The lowest BCUT2D eigenvalue weighted by Crippen LogP contribution is -2.00. The van der Waals surface area contributed by atoms with Crippen LogP contribution in [0.25, 0.3) is 0 Å². The summed E-state index contributed by atoms with van der Waals surface area (Å²) in [7, 11) is 0. The van der Waals surface area contributed by atoms with Crippen LogP contribution >= 0.6 is 15.9 Å². The van der Waals surface area contributed by atoms with Gasteiger partial charge in [0.15, 0.2) is 5.82 Å². The molecule has 66 valence electrons. The van der Waals surface area contributed by atoms with Crippen LogP contribution in [-0.2, 0) is 6.42 Å². The second-order valence-corrected chi connectivity index (χ2v) is 3.59. The van der Waals surface area contributed by atoms with E-state index >= 15 is 0 Å². The summed E-state index contributed by atoms with van der Waals surface area (Å²) in [6.07, 6.45) is 0.766. The van der Waals surface area contributed by atoms with Gasteiger partial charge in [0, 0.05) is 0 Å². The van der Waals surface area contributed by atoms with Crippen molar-refractivity contribution in [2.24, 2.45) is 0 Å². The number of rotatable bonds is 1. The Labute approximate surface area is 79.9 Å². The maximum absolute atomic E-state index is 13.2. The van der Waals surface area contributed by atoms with Crippen LogP contribution in [0.2, 0.25) is 0 Å². The largest absolute Gasteiger partial charge is 0.396 e. The second kappa shape index (κ2) is 3.44. The minimum absolute atomic E-state index is 0.268. The van der Waals surface area contributed by atoms with Crippen LogP contribution in [0, 0.1) is 12.7 Å². The highest BCUT2D eigenvalue weighted by Gasteiger charge is 2.10. The third-order valence-corrected chi connectivity index (χ3v) is 2.52. The first-order valence-corrected chi connectivity index (χ1v) is 4.60. The quantitative estimate of drug-likeness (QED) is 0.740. The zero-order valence-electron chi connectivity index (χ0n) is 7.12. The zero-order valence-corrected chi connectivity index (χ0v) is 8.70. The van der Waals surface area contributed by atoms with Gasteiger partial charge in [0.2, 0.25) is 0 Å². The lowest BCUT2D eigenvalue weighted by atomic mass is 10.0. The molecule has 0 heterocycles. The molecule has 0 radical (unpaired) electrons. The van der Waals surface area contributed by atoms with Gasteiger partial charge in [0.1, 0.15) is 0 Å². The fraction of sp³-hybridized carbons (Fsp3) is 0.333. The van der Waals surface area contributed by atoms with Crippen LogP contribution in [0.3, 0.4) is 0 Å². The summed E-state index contributed by atoms with van der Waals surface area (Å²) in [6.45, 7) is 3.89. The Hall–Kier alpha value is -0.570. The lowest BCUT2D eigenvalue weighted by molar-refractivity contribution is 0.623. The van der Waals surface area contributed by atoms with E-state index in [1.54, 1.807) is 6.07 Å². The number of aryl methyl sites for hydroxylation is 1. The molecular formula is C9H11BrFN. The van der Waals surface area contributed by atoms with Crippen molar-refractivity contribution in [3.05, 3.63) is 27.5 Å². The predicted molar refractivity (Wildman–Crippen MR) is 52.6 cm³/mol. The molecule has 2 N–H and O–H groups in total. The van der Waals surface area contributed by atoms with E-state index in [9.17, 15) is 4.39 Å². The van der Waals surface area contributed by atoms with Gasteiger partial charge in [0.05, 0.1) is 10.2 Å². The van der Waals surface area contributed by atoms with E-state index < -0.39 is 0 Å². The Morgan fingerprint density at radius 1 is 1.58 bits per heavy atom. The number of anilines is 1. The molecule has 0 amide bonds. The van der Waals surface area contributed by atoms with E-state index in [0.29, 0.717) is 4.47 Å². The van der Waals surface area contributed by atoms with Gasteiger partial charge < -0.3 is 5.73 Å². The molecule has 1 nitrogen and oxygen atoms in total. The number of halogens is 2. The number of hydrogen-bond donors (Lipinski definition) is 1. The van der Waals surface area contributed by atoms with E-state index in [4.69, 9.17) is 5.73 Å². The van der Waals surface area contributed by atoms with E-state index in [2.05, 4.69) is 15.9 Å². The van der Waals surface area contributed by atoms with Gasteiger partial charge >= 0.3 is 0 Å². The Bertz CT molecular complexity index is 310. The van der Waals surface area contributed by atoms with Crippen LogP contribution in [0.15, 0.2) is 10.5 Å². The van der Waals surface area contributed by atoms with Crippen molar-refractivity contribution in [3.8, 4) is 0 Å². The first kappa shape index (κ1) is 9.52. The summed E-state index contributed by atoms with van der Waals surface area (Å²) < 4.78 is 13.6. The topological polar surface area (TPSA) is 26.0 Å². The summed E-state index contributed by atoms with van der Waals surface area (Å²) in [6, 6.07) is 1.75. The average Bonchev–Trinajstić information content (AvgIpc) is 2.01. The third kappa shape index (κ3) is 1.46. The fourth-order valence-electron chi connectivity index (χ4n) is 1.28. The summed E-state index contributed by atoms with van der Waals surface area (Å²) >= 11 is 3.11. The first-order valence-electron chi connectivity index (χ1n) is 3.80. The highest BCUT2D eigenvalue weighted by atomic mass is 79.9. The van der Waals surface area contributed by atoms with Crippen molar-refractivity contribution in [1.29, 1.82) is 0 Å². The molecule has 0 saturated heterocycles. The van der Waals surface area contributed by atoms with Crippen molar-refractivity contribution in [2.75, 3.05) is 5.73 Å².